The third-order valence-corrected chi connectivity index (χ3v) is 27.9. The van der Waals surface area contributed by atoms with Gasteiger partial charge in [0.05, 0.1) is 50.2 Å². The lowest BCUT2D eigenvalue weighted by atomic mass is 9.91. The minimum Gasteiger partial charge on any atom is -0.463 e. The van der Waals surface area contributed by atoms with Crippen molar-refractivity contribution in [3.63, 3.8) is 0 Å². The normalized spacial score (nSPS) is 38.4. The number of ether oxygens (including phenoxy) is 7. The molecule has 0 aromatic rings. The Kier molecular flexibility index (Phi) is 19.9. The Morgan fingerprint density at radius 1 is 0.443 bits per heavy atom. The molecular formula is C57H85NO26S4. The van der Waals surface area contributed by atoms with Crippen molar-refractivity contribution in [2.24, 2.45) is 70.0 Å². The number of fused-ring (bicyclic) bond motifs is 4. The summed E-state index contributed by atoms with van der Waals surface area (Å²) < 4.78 is 152. The number of nitrogens with one attached hydrogen (secondary N) is 1. The molecule has 8 saturated carbocycles. The van der Waals surface area contributed by atoms with E-state index in [1.54, 1.807) is 34.6 Å². The Bertz CT molecular complexity index is 3170. The highest BCUT2D eigenvalue weighted by molar-refractivity contribution is 7.88. The summed E-state index contributed by atoms with van der Waals surface area (Å²) in [6.45, 7) is 17.5. The van der Waals surface area contributed by atoms with Crippen molar-refractivity contribution >= 4 is 82.4 Å². The number of esters is 6. The fourth-order valence-corrected chi connectivity index (χ4v) is 22.2. The van der Waals surface area contributed by atoms with Crippen LogP contribution in [0, 0.1) is 70.0 Å². The maximum absolute atomic E-state index is 11.9. The van der Waals surface area contributed by atoms with Crippen LogP contribution in [0.2, 0.25) is 0 Å². The zero-order valence-electron chi connectivity index (χ0n) is 51.3. The first-order valence-electron chi connectivity index (χ1n) is 30.8. The van der Waals surface area contributed by atoms with Gasteiger partial charge in [-0.05, 0) is 105 Å². The summed E-state index contributed by atoms with van der Waals surface area (Å²) >= 11 is 0. The molecule has 4 heterocycles. The van der Waals surface area contributed by atoms with Crippen LogP contribution in [0.1, 0.15) is 146 Å². The summed E-state index contributed by atoms with van der Waals surface area (Å²) in [4.78, 5) is 82.7. The van der Waals surface area contributed by atoms with Crippen LogP contribution in [-0.2, 0) is 119 Å². The number of hydrogen-bond donors (Lipinski definition) is 1. The lowest BCUT2D eigenvalue weighted by molar-refractivity contribution is -0.171. The highest BCUT2D eigenvalue weighted by atomic mass is 32.2. The van der Waals surface area contributed by atoms with Crippen LogP contribution in [0.25, 0.3) is 0 Å². The molecule has 8 bridgehead atoms. The van der Waals surface area contributed by atoms with Crippen LogP contribution in [0.15, 0.2) is 0 Å². The first-order chi connectivity index (χ1) is 41.1. The number of carbonyl (C=O) groups is 7. The molecular weight excluding hydrogens is 1240 g/mol. The molecule has 1 amide bonds. The molecule has 498 valence electrons. The minimum atomic E-state index is -3.53. The van der Waals surface area contributed by atoms with E-state index in [0.29, 0.717) is 57.8 Å². The number of alkyl carbamates (subject to hydrolysis) is 1. The molecule has 0 aromatic carbocycles. The highest BCUT2D eigenvalue weighted by Gasteiger charge is 2.69. The standard InChI is InChI=1S/C16H25NO7S.C15H22O7S.C14H20O7S.C12H18O5S/c1-4-16(2,3)14(18)22-6-5-17-15(19)23-12-9-7-10-11(8-9)25(20,21)24-13(10)12;1-4-15(2,3)14(17)20-7-11(16)21-12-8-5-9-10(6-8)23(18,19)22-13(9)12;1-3-7(2)14(16)19-6-11(15)20-12-8-4-9-10(5-8)22(17,18)21-13(9)12;1-3-6(2)12(13)16-10-7-4-8-9(5-7)18(14,15)17-11(8)10/h9-13H,4-8H2,1-3H3,(H,17,19);8-10,12-13H,4-7H2,1-3H3;7-10,12-13H,3-6H2,1-2H3;6-11H,3-5H2,1-2H3. The van der Waals surface area contributed by atoms with Gasteiger partial charge in [-0.3, -0.25) is 35.9 Å². The molecule has 4 saturated heterocycles. The Balaban J connectivity index is 0.000000140. The van der Waals surface area contributed by atoms with Crippen molar-refractivity contribution < 1.29 is 117 Å². The van der Waals surface area contributed by atoms with Crippen LogP contribution in [0.5, 0.6) is 0 Å². The van der Waals surface area contributed by atoms with E-state index in [1.807, 2.05) is 34.6 Å². The van der Waals surface area contributed by atoms with Gasteiger partial charge in [0.15, 0.2) is 13.2 Å². The van der Waals surface area contributed by atoms with E-state index < -0.39 is 153 Å². The van der Waals surface area contributed by atoms with Crippen molar-refractivity contribution in [1.82, 2.24) is 5.32 Å². The smallest absolute Gasteiger partial charge is 0.407 e. The largest absolute Gasteiger partial charge is 0.463 e. The van der Waals surface area contributed by atoms with Crippen molar-refractivity contribution in [3.05, 3.63) is 0 Å². The van der Waals surface area contributed by atoms with Crippen molar-refractivity contribution in [2.75, 3.05) is 26.4 Å². The summed E-state index contributed by atoms with van der Waals surface area (Å²) in [5, 5.41) is 0.843. The molecule has 8 aliphatic carbocycles. The zero-order valence-corrected chi connectivity index (χ0v) is 54.5. The molecule has 31 heteroatoms. The zero-order chi connectivity index (χ0) is 64.5. The second kappa shape index (κ2) is 25.7. The molecule has 12 rings (SSSR count). The van der Waals surface area contributed by atoms with E-state index >= 15 is 0 Å². The molecule has 12 fully saturated rings. The van der Waals surface area contributed by atoms with Crippen LogP contribution in [-0.4, -0.2) is 172 Å². The predicted molar refractivity (Wildman–Crippen MR) is 303 cm³/mol. The average Bonchev–Trinajstić information content (AvgIpc) is 1.64. The molecule has 0 aromatic heterocycles. The molecule has 12 aliphatic rings. The van der Waals surface area contributed by atoms with E-state index in [4.69, 9.17) is 49.9 Å². The molecule has 27 nitrogen and oxygen atoms in total. The molecule has 22 unspecified atom stereocenters. The van der Waals surface area contributed by atoms with Gasteiger partial charge < -0.3 is 38.5 Å². The second-order valence-electron chi connectivity index (χ2n) is 27.0. The number of rotatable bonds is 19. The maximum Gasteiger partial charge on any atom is 0.407 e. The first-order valence-corrected chi connectivity index (χ1v) is 36.7. The second-order valence-corrected chi connectivity index (χ2v) is 34.1. The van der Waals surface area contributed by atoms with Gasteiger partial charge in [-0.2, -0.15) is 33.7 Å². The van der Waals surface area contributed by atoms with E-state index in [2.05, 4.69) is 5.32 Å². The predicted octanol–water partition coefficient (Wildman–Crippen LogP) is 3.92. The lowest BCUT2D eigenvalue weighted by Gasteiger charge is -2.25. The molecule has 0 spiro atoms. The van der Waals surface area contributed by atoms with Gasteiger partial charge in [0, 0.05) is 47.3 Å². The number of carbonyl (C=O) groups excluding carboxylic acids is 7. The van der Waals surface area contributed by atoms with Crippen molar-refractivity contribution in [1.29, 1.82) is 0 Å². The Morgan fingerprint density at radius 3 is 1.11 bits per heavy atom. The van der Waals surface area contributed by atoms with Crippen molar-refractivity contribution in [3.8, 4) is 0 Å². The quantitative estimate of drug-likeness (QED) is 0.0828. The lowest BCUT2D eigenvalue weighted by Crippen LogP contribution is -2.40. The molecule has 1 N–H and O–H groups in total. The van der Waals surface area contributed by atoms with E-state index in [9.17, 15) is 67.2 Å². The molecule has 4 aliphatic heterocycles. The Labute approximate surface area is 514 Å². The third kappa shape index (κ3) is 13.5. The molecule has 22 atom stereocenters. The first kappa shape index (κ1) is 68.1. The average molecular weight is 1330 g/mol. The van der Waals surface area contributed by atoms with E-state index in [1.165, 1.54) is 0 Å². The van der Waals surface area contributed by atoms with Crippen molar-refractivity contribution in [2.45, 2.75) is 216 Å². The summed E-state index contributed by atoms with van der Waals surface area (Å²) in [6.07, 6.45) is 2.85. The topological polar surface area (TPSA) is 370 Å². The van der Waals surface area contributed by atoms with E-state index in [0.717, 1.165) is 19.3 Å². The maximum atomic E-state index is 11.9. The van der Waals surface area contributed by atoms with Gasteiger partial charge in [0.1, 0.15) is 55.4 Å². The van der Waals surface area contributed by atoms with Gasteiger partial charge in [-0.15, -0.1) is 0 Å². The Morgan fingerprint density at radius 2 is 0.761 bits per heavy atom. The van der Waals surface area contributed by atoms with Gasteiger partial charge in [-0.1, -0.05) is 41.5 Å². The molecule has 0 radical (unpaired) electrons. The fraction of sp³-hybridized carbons (Fsp3) is 0.877. The van der Waals surface area contributed by atoms with Crippen LogP contribution < -0.4 is 5.32 Å². The monoisotopic (exact) mass is 1330 g/mol. The molecule has 88 heavy (non-hydrogen) atoms. The van der Waals surface area contributed by atoms with E-state index in [-0.39, 0.29) is 95.6 Å². The van der Waals surface area contributed by atoms with Crippen LogP contribution >= 0.6 is 0 Å². The SMILES string of the molecule is CCC(C)(C)C(=O)OCC(=O)OC1C2CC3C1OS(=O)(=O)C3C2.CCC(C)(C)C(=O)OCCNC(=O)OC1C2CC3C1OS(=O)(=O)C3C2.CCC(C)C(=O)OC1C2CC3C1OS(=O)(=O)C3C2.CCC(C)C(=O)OCC(=O)OC1C2CC3C1OS(=O)(=O)C3C2. The Hall–Kier alpha value is -4.27. The van der Waals surface area contributed by atoms with Crippen LogP contribution in [0.3, 0.4) is 0 Å². The van der Waals surface area contributed by atoms with Gasteiger partial charge in [0.2, 0.25) is 0 Å². The highest BCUT2D eigenvalue weighted by Crippen LogP contribution is 2.59. The minimum absolute atomic E-state index is 0.0130. The number of amides is 1. The fourth-order valence-electron chi connectivity index (χ4n) is 14.7. The summed E-state index contributed by atoms with van der Waals surface area (Å²) in [6, 6.07) is 0. The number of hydrogen-bond acceptors (Lipinski definition) is 26. The summed E-state index contributed by atoms with van der Waals surface area (Å²) in [5.74, 6) is -3.11. The van der Waals surface area contributed by atoms with Gasteiger partial charge in [0.25, 0.3) is 40.5 Å². The third-order valence-electron chi connectivity index (χ3n) is 20.8. The summed E-state index contributed by atoms with van der Waals surface area (Å²) in [7, 11) is -14.0. The van der Waals surface area contributed by atoms with Gasteiger partial charge >= 0.3 is 41.9 Å². The van der Waals surface area contributed by atoms with Crippen LogP contribution in [0.4, 0.5) is 4.79 Å². The summed E-state index contributed by atoms with van der Waals surface area (Å²) in [5.41, 5.74) is -1.20. The van der Waals surface area contributed by atoms with Gasteiger partial charge in [-0.25, -0.2) is 14.4 Å².